The first-order valence-electron chi connectivity index (χ1n) is 8.38. The molecule has 3 rings (SSSR count). The molecule has 28 heavy (non-hydrogen) atoms. The van der Waals surface area contributed by atoms with Gasteiger partial charge >= 0.3 is 0 Å². The third-order valence-electron chi connectivity index (χ3n) is 4.06. The van der Waals surface area contributed by atoms with Gasteiger partial charge in [-0.25, -0.2) is 12.8 Å². The van der Waals surface area contributed by atoms with Crippen LogP contribution in [0.1, 0.15) is 10.4 Å². The molecule has 1 aromatic heterocycles. The Kier molecular flexibility index (Phi) is 5.76. The van der Waals surface area contributed by atoms with E-state index in [1.54, 1.807) is 43.3 Å². The fourth-order valence-electron chi connectivity index (χ4n) is 2.55. The Hall–Kier alpha value is -2.77. The zero-order valence-electron chi connectivity index (χ0n) is 15.3. The fourth-order valence-corrected chi connectivity index (χ4v) is 4.13. The quantitative estimate of drug-likeness (QED) is 0.602. The summed E-state index contributed by atoms with van der Waals surface area (Å²) >= 11 is 1.37. The summed E-state index contributed by atoms with van der Waals surface area (Å²) in [6.07, 6.45) is 4.12. The maximum atomic E-state index is 13.9. The summed E-state index contributed by atoms with van der Waals surface area (Å²) in [4.78, 5) is 13.9. The first kappa shape index (κ1) is 20.0. The molecule has 0 atom stereocenters. The highest BCUT2D eigenvalue weighted by atomic mass is 32.2. The van der Waals surface area contributed by atoms with E-state index in [2.05, 4.69) is 5.32 Å². The summed E-state index contributed by atoms with van der Waals surface area (Å²) < 4.78 is 37.2. The maximum Gasteiger partial charge on any atom is 0.248 e. The molecule has 144 valence electrons. The van der Waals surface area contributed by atoms with E-state index in [1.165, 1.54) is 35.6 Å². The average Bonchev–Trinajstić information content (AvgIpc) is 3.10. The third kappa shape index (κ3) is 4.74. The summed E-state index contributed by atoms with van der Waals surface area (Å²) in [6, 6.07) is 14.7. The highest BCUT2D eigenvalue weighted by Crippen LogP contribution is 2.30. The molecule has 0 spiro atoms. The number of nitrogens with one attached hydrogen (secondary N) is 1. The van der Waals surface area contributed by atoms with Crippen molar-refractivity contribution in [2.45, 2.75) is 11.8 Å². The van der Waals surface area contributed by atoms with Crippen LogP contribution in [0.25, 0.3) is 16.5 Å². The van der Waals surface area contributed by atoms with Crippen LogP contribution in [0.3, 0.4) is 0 Å². The summed E-state index contributed by atoms with van der Waals surface area (Å²) in [5.74, 6) is -0.673. The summed E-state index contributed by atoms with van der Waals surface area (Å²) in [5.41, 5.74) is 1.72. The van der Waals surface area contributed by atoms with Gasteiger partial charge < -0.3 is 5.32 Å². The van der Waals surface area contributed by atoms with E-state index < -0.39 is 9.84 Å². The number of aryl methyl sites for hydroxylation is 1. The first-order chi connectivity index (χ1) is 13.2. The van der Waals surface area contributed by atoms with Crippen LogP contribution in [0, 0.1) is 12.7 Å². The van der Waals surface area contributed by atoms with Crippen molar-refractivity contribution >= 4 is 38.8 Å². The van der Waals surface area contributed by atoms with Gasteiger partial charge in [-0.2, -0.15) is 0 Å². The van der Waals surface area contributed by atoms with Gasteiger partial charge in [-0.1, -0.05) is 24.3 Å². The molecular weight excluding hydrogens is 397 g/mol. The number of thiophene rings is 1. The lowest BCUT2D eigenvalue weighted by atomic mass is 10.2. The van der Waals surface area contributed by atoms with Crippen molar-refractivity contribution in [3.63, 3.8) is 0 Å². The number of carbonyl (C=O) groups excluding carboxylic acids is 1. The molecule has 0 aliphatic heterocycles. The molecule has 3 aromatic rings. The van der Waals surface area contributed by atoms with Crippen molar-refractivity contribution in [3.05, 3.63) is 76.9 Å². The van der Waals surface area contributed by atoms with Crippen LogP contribution in [-0.2, 0) is 14.6 Å². The third-order valence-corrected chi connectivity index (χ3v) is 6.25. The monoisotopic (exact) mass is 415 g/mol. The molecule has 0 unspecified atom stereocenters. The van der Waals surface area contributed by atoms with E-state index >= 15 is 0 Å². The molecule has 0 radical (unpaired) electrons. The molecule has 0 saturated carbocycles. The number of rotatable bonds is 5. The average molecular weight is 416 g/mol. The van der Waals surface area contributed by atoms with Gasteiger partial charge in [0.05, 0.1) is 4.90 Å². The minimum Gasteiger partial charge on any atom is -0.322 e. The Morgan fingerprint density at radius 3 is 2.57 bits per heavy atom. The van der Waals surface area contributed by atoms with Crippen molar-refractivity contribution in [3.8, 4) is 10.4 Å². The van der Waals surface area contributed by atoms with Crippen molar-refractivity contribution in [2.75, 3.05) is 11.6 Å². The topological polar surface area (TPSA) is 63.2 Å². The van der Waals surface area contributed by atoms with Crippen LogP contribution in [0.2, 0.25) is 0 Å². The van der Waals surface area contributed by atoms with Crippen molar-refractivity contribution in [1.29, 1.82) is 0 Å². The van der Waals surface area contributed by atoms with Gasteiger partial charge in [0.2, 0.25) is 5.91 Å². The molecular formula is C21H18FNO3S2. The number of anilines is 1. The van der Waals surface area contributed by atoms with Gasteiger partial charge in [0.15, 0.2) is 9.84 Å². The standard InChI is InChI=1S/C21H18FNO3S2/c1-14-7-10-16(28(2,25)26)13-19(14)23-21(24)12-9-15-8-11-20(27-15)17-5-3-4-6-18(17)22/h3-13H,1-2H3,(H,23,24)/b12-9+. The van der Waals surface area contributed by atoms with Gasteiger partial charge in [0, 0.05) is 33.3 Å². The Morgan fingerprint density at radius 2 is 1.86 bits per heavy atom. The second-order valence-electron chi connectivity index (χ2n) is 6.25. The summed E-state index contributed by atoms with van der Waals surface area (Å²) in [5, 5.41) is 2.69. The van der Waals surface area contributed by atoms with Crippen molar-refractivity contribution < 1.29 is 17.6 Å². The van der Waals surface area contributed by atoms with Crippen LogP contribution in [-0.4, -0.2) is 20.6 Å². The largest absolute Gasteiger partial charge is 0.322 e. The zero-order chi connectivity index (χ0) is 20.3. The number of halogens is 1. The van der Waals surface area contributed by atoms with E-state index in [0.29, 0.717) is 11.3 Å². The van der Waals surface area contributed by atoms with Crippen molar-refractivity contribution in [1.82, 2.24) is 0 Å². The highest BCUT2D eigenvalue weighted by Gasteiger charge is 2.11. The van der Waals surface area contributed by atoms with Crippen LogP contribution in [0.5, 0.6) is 0 Å². The van der Waals surface area contributed by atoms with Gasteiger partial charge in [-0.15, -0.1) is 11.3 Å². The second-order valence-corrected chi connectivity index (χ2v) is 9.38. The minimum atomic E-state index is -3.36. The Labute approximate surface area is 167 Å². The number of hydrogen-bond donors (Lipinski definition) is 1. The molecule has 7 heteroatoms. The predicted octanol–water partition coefficient (Wildman–Crippen LogP) is 4.92. The number of sulfone groups is 1. The number of amides is 1. The van der Waals surface area contributed by atoms with Gasteiger partial charge in [0.25, 0.3) is 0 Å². The lowest BCUT2D eigenvalue weighted by Gasteiger charge is -2.08. The predicted molar refractivity (Wildman–Crippen MR) is 112 cm³/mol. The molecule has 0 saturated heterocycles. The number of benzene rings is 2. The molecule has 2 aromatic carbocycles. The highest BCUT2D eigenvalue weighted by molar-refractivity contribution is 7.90. The molecule has 0 aliphatic rings. The Morgan fingerprint density at radius 1 is 1.11 bits per heavy atom. The normalized spacial score (nSPS) is 11.7. The molecule has 4 nitrogen and oxygen atoms in total. The Balaban J connectivity index is 1.74. The van der Waals surface area contributed by atoms with E-state index in [0.717, 1.165) is 21.6 Å². The van der Waals surface area contributed by atoms with Crippen LogP contribution >= 0.6 is 11.3 Å². The Bertz CT molecular complexity index is 1160. The van der Waals surface area contributed by atoms with Crippen molar-refractivity contribution in [2.24, 2.45) is 0 Å². The van der Waals surface area contributed by atoms with Gasteiger partial charge in [-0.05, 0) is 48.9 Å². The number of carbonyl (C=O) groups is 1. The second kappa shape index (κ2) is 8.08. The summed E-state index contributed by atoms with van der Waals surface area (Å²) in [6.45, 7) is 1.78. The van der Waals surface area contributed by atoms with Crippen LogP contribution < -0.4 is 5.32 Å². The SMILES string of the molecule is Cc1ccc(S(C)(=O)=O)cc1NC(=O)/C=C/c1ccc(-c2ccccc2F)s1. The van der Waals surface area contributed by atoms with E-state index in [1.807, 2.05) is 6.07 Å². The molecule has 0 bridgehead atoms. The molecule has 0 fully saturated rings. The molecule has 1 N–H and O–H groups in total. The fraction of sp³-hybridized carbons (Fsp3) is 0.0952. The zero-order valence-corrected chi connectivity index (χ0v) is 16.9. The lowest BCUT2D eigenvalue weighted by molar-refractivity contribution is -0.111. The van der Waals surface area contributed by atoms with E-state index in [-0.39, 0.29) is 16.6 Å². The number of hydrogen-bond acceptors (Lipinski definition) is 4. The smallest absolute Gasteiger partial charge is 0.248 e. The van der Waals surface area contributed by atoms with Crippen LogP contribution in [0.4, 0.5) is 10.1 Å². The van der Waals surface area contributed by atoms with E-state index in [9.17, 15) is 17.6 Å². The minimum absolute atomic E-state index is 0.144. The first-order valence-corrected chi connectivity index (χ1v) is 11.1. The molecule has 1 heterocycles. The lowest BCUT2D eigenvalue weighted by Crippen LogP contribution is -2.10. The molecule has 0 aliphatic carbocycles. The van der Waals surface area contributed by atoms with Crippen LogP contribution in [0.15, 0.2) is 65.6 Å². The maximum absolute atomic E-state index is 13.9. The van der Waals surface area contributed by atoms with E-state index in [4.69, 9.17) is 0 Å². The van der Waals surface area contributed by atoms with Gasteiger partial charge in [0.1, 0.15) is 5.82 Å². The molecule has 1 amide bonds. The van der Waals surface area contributed by atoms with Gasteiger partial charge in [-0.3, -0.25) is 4.79 Å². The summed E-state index contributed by atoms with van der Waals surface area (Å²) in [7, 11) is -3.36.